The van der Waals surface area contributed by atoms with E-state index >= 15 is 0 Å². The van der Waals surface area contributed by atoms with E-state index in [0.29, 0.717) is 5.56 Å². The van der Waals surface area contributed by atoms with Gasteiger partial charge in [-0.15, -0.1) is 0 Å². The second kappa shape index (κ2) is 8.24. The minimum atomic E-state index is -3.62. The van der Waals surface area contributed by atoms with Gasteiger partial charge < -0.3 is 4.74 Å². The zero-order valence-electron chi connectivity index (χ0n) is 15.4. The first-order chi connectivity index (χ1) is 13.8. The average Bonchev–Trinajstić information content (AvgIpc) is 2.73. The largest absolute Gasteiger partial charge is 0.457 e. The smallest absolute Gasteiger partial charge is 0.338 e. The summed E-state index contributed by atoms with van der Waals surface area (Å²) in [6.07, 6.45) is 0. The van der Waals surface area contributed by atoms with E-state index in [0.717, 1.165) is 0 Å². The molecule has 0 aliphatic rings. The first-order valence-electron chi connectivity index (χ1n) is 8.61. The van der Waals surface area contributed by atoms with Crippen molar-refractivity contribution in [2.75, 3.05) is 0 Å². The van der Waals surface area contributed by atoms with Gasteiger partial charge in [0.2, 0.25) is 9.84 Å². The molecule has 0 N–H and O–H groups in total. The number of esters is 1. The molecule has 3 aromatic carbocycles. The lowest BCUT2D eigenvalue weighted by Crippen LogP contribution is -2.08. The molecule has 0 aliphatic carbocycles. The normalized spacial score (nSPS) is 11.1. The molecule has 8 heteroatoms. The minimum Gasteiger partial charge on any atom is -0.457 e. The third-order valence-corrected chi connectivity index (χ3v) is 6.16. The zero-order valence-corrected chi connectivity index (χ0v) is 16.3. The van der Waals surface area contributed by atoms with Gasteiger partial charge in [0.15, 0.2) is 0 Å². The monoisotopic (exact) mass is 411 g/mol. The van der Waals surface area contributed by atoms with E-state index in [4.69, 9.17) is 4.74 Å². The van der Waals surface area contributed by atoms with Crippen molar-refractivity contribution in [3.63, 3.8) is 0 Å². The highest BCUT2D eigenvalue weighted by Gasteiger charge is 2.20. The molecule has 0 bridgehead atoms. The third kappa shape index (κ3) is 4.33. The van der Waals surface area contributed by atoms with Crippen molar-refractivity contribution in [2.24, 2.45) is 0 Å². The van der Waals surface area contributed by atoms with Gasteiger partial charge in [0.25, 0.3) is 5.69 Å². The van der Waals surface area contributed by atoms with Crippen molar-refractivity contribution in [3.8, 4) is 0 Å². The molecule has 0 aromatic heterocycles. The molecule has 0 atom stereocenters. The van der Waals surface area contributed by atoms with Crippen molar-refractivity contribution >= 4 is 21.5 Å². The van der Waals surface area contributed by atoms with Crippen LogP contribution in [0.15, 0.2) is 82.6 Å². The van der Waals surface area contributed by atoms with E-state index in [-0.39, 0.29) is 33.2 Å². The number of hydrogen-bond donors (Lipinski definition) is 0. The number of rotatable bonds is 6. The summed E-state index contributed by atoms with van der Waals surface area (Å²) in [4.78, 5) is 23.0. The Kier molecular flexibility index (Phi) is 5.74. The first kappa shape index (κ1) is 20.2. The van der Waals surface area contributed by atoms with Crippen LogP contribution >= 0.6 is 0 Å². The van der Waals surface area contributed by atoms with Crippen LogP contribution < -0.4 is 0 Å². The lowest BCUT2D eigenvalue weighted by molar-refractivity contribution is -0.385. The molecule has 0 radical (unpaired) electrons. The average molecular weight is 411 g/mol. The van der Waals surface area contributed by atoms with Gasteiger partial charge in [-0.2, -0.15) is 0 Å². The number of nitro groups is 1. The summed E-state index contributed by atoms with van der Waals surface area (Å²) in [6, 6.07) is 18.3. The summed E-state index contributed by atoms with van der Waals surface area (Å²) >= 11 is 0. The minimum absolute atomic E-state index is 0.0906. The Bertz CT molecular complexity index is 1160. The van der Waals surface area contributed by atoms with Gasteiger partial charge in [0.1, 0.15) is 6.61 Å². The highest BCUT2D eigenvalue weighted by molar-refractivity contribution is 7.91. The number of nitro benzene ring substituents is 1. The van der Waals surface area contributed by atoms with Gasteiger partial charge in [0.05, 0.1) is 20.3 Å². The van der Waals surface area contributed by atoms with Crippen LogP contribution in [0.25, 0.3) is 0 Å². The molecule has 0 saturated carbocycles. The van der Waals surface area contributed by atoms with Crippen molar-refractivity contribution in [1.29, 1.82) is 0 Å². The Balaban J connectivity index is 1.72. The second-order valence-electron chi connectivity index (χ2n) is 6.24. The Hall–Kier alpha value is -3.52. The standard InChI is InChI=1S/C21H17NO6S/c1-15-19(8-5-9-20(15)22(24)25)21(23)28-14-16-10-12-18(13-11-16)29(26,27)17-6-3-2-4-7-17/h2-13H,14H2,1H3. The third-order valence-electron chi connectivity index (χ3n) is 4.38. The molecule has 0 saturated heterocycles. The van der Waals surface area contributed by atoms with Crippen LogP contribution in [0.1, 0.15) is 21.5 Å². The van der Waals surface area contributed by atoms with Gasteiger partial charge >= 0.3 is 5.97 Å². The molecule has 148 valence electrons. The molecule has 0 aliphatic heterocycles. The maximum Gasteiger partial charge on any atom is 0.338 e. The van der Waals surface area contributed by atoms with Gasteiger partial charge in [0, 0.05) is 11.6 Å². The van der Waals surface area contributed by atoms with E-state index in [1.54, 1.807) is 30.3 Å². The summed E-state index contributed by atoms with van der Waals surface area (Å²) < 4.78 is 30.4. The Labute approximate surface area is 167 Å². The number of benzene rings is 3. The topological polar surface area (TPSA) is 104 Å². The first-order valence-corrected chi connectivity index (χ1v) is 10.1. The lowest BCUT2D eigenvalue weighted by Gasteiger charge is -2.09. The molecule has 3 rings (SSSR count). The fraction of sp³-hybridized carbons (Fsp3) is 0.0952. The maximum atomic E-state index is 12.6. The van der Waals surface area contributed by atoms with Crippen LogP contribution in [-0.4, -0.2) is 19.3 Å². The molecule has 0 heterocycles. The fourth-order valence-corrected chi connectivity index (χ4v) is 4.05. The van der Waals surface area contributed by atoms with Crippen LogP contribution in [0.5, 0.6) is 0 Å². The molecule has 0 unspecified atom stereocenters. The van der Waals surface area contributed by atoms with E-state index in [1.807, 2.05) is 0 Å². The number of sulfone groups is 1. The van der Waals surface area contributed by atoms with Crippen LogP contribution in [0.4, 0.5) is 5.69 Å². The Morgan fingerprint density at radius 2 is 1.55 bits per heavy atom. The van der Waals surface area contributed by atoms with Crippen LogP contribution in [0, 0.1) is 17.0 Å². The highest BCUT2D eigenvalue weighted by Crippen LogP contribution is 2.23. The molecule has 3 aromatic rings. The summed E-state index contributed by atoms with van der Waals surface area (Å²) in [5.74, 6) is -0.688. The highest BCUT2D eigenvalue weighted by atomic mass is 32.2. The fourth-order valence-electron chi connectivity index (χ4n) is 2.77. The second-order valence-corrected chi connectivity index (χ2v) is 8.19. The Morgan fingerprint density at radius 3 is 2.17 bits per heavy atom. The van der Waals surface area contributed by atoms with Crippen LogP contribution in [0.3, 0.4) is 0 Å². The zero-order chi connectivity index (χ0) is 21.0. The molecular weight excluding hydrogens is 394 g/mol. The van der Waals surface area contributed by atoms with Gasteiger partial charge in [-0.05, 0) is 42.8 Å². The summed E-state index contributed by atoms with van der Waals surface area (Å²) in [7, 11) is -3.62. The molecular formula is C21H17NO6S. The van der Waals surface area contributed by atoms with Gasteiger partial charge in [-0.25, -0.2) is 13.2 Å². The van der Waals surface area contributed by atoms with Crippen LogP contribution in [0.2, 0.25) is 0 Å². The number of carbonyl (C=O) groups is 1. The SMILES string of the molecule is Cc1c(C(=O)OCc2ccc(S(=O)(=O)c3ccccc3)cc2)cccc1[N+](=O)[O-]. The van der Waals surface area contributed by atoms with Crippen molar-refractivity contribution in [1.82, 2.24) is 0 Å². The van der Waals surface area contributed by atoms with Crippen molar-refractivity contribution in [2.45, 2.75) is 23.3 Å². The van der Waals surface area contributed by atoms with E-state index in [1.165, 1.54) is 49.4 Å². The van der Waals surface area contributed by atoms with E-state index in [2.05, 4.69) is 0 Å². The number of nitrogens with zero attached hydrogens (tertiary/aromatic N) is 1. The molecule has 29 heavy (non-hydrogen) atoms. The van der Waals surface area contributed by atoms with Crippen molar-refractivity contribution in [3.05, 3.63) is 99.6 Å². The predicted molar refractivity (Wildman–Crippen MR) is 105 cm³/mol. The number of carbonyl (C=O) groups excluding carboxylic acids is 1. The molecule has 0 amide bonds. The van der Waals surface area contributed by atoms with E-state index < -0.39 is 20.7 Å². The van der Waals surface area contributed by atoms with Gasteiger partial charge in [-0.1, -0.05) is 36.4 Å². The Morgan fingerprint density at radius 1 is 0.931 bits per heavy atom. The maximum absolute atomic E-state index is 12.6. The summed E-state index contributed by atoms with van der Waals surface area (Å²) in [5.41, 5.74) is 0.776. The number of ether oxygens (including phenoxy) is 1. The quantitative estimate of drug-likeness (QED) is 0.344. The summed E-state index contributed by atoms with van der Waals surface area (Å²) in [5, 5.41) is 11.0. The predicted octanol–water partition coefficient (Wildman–Crippen LogP) is 4.09. The molecule has 7 nitrogen and oxygen atoms in total. The molecule has 0 fully saturated rings. The van der Waals surface area contributed by atoms with Crippen LogP contribution in [-0.2, 0) is 21.2 Å². The van der Waals surface area contributed by atoms with E-state index in [9.17, 15) is 23.3 Å². The van der Waals surface area contributed by atoms with Gasteiger partial charge in [-0.3, -0.25) is 10.1 Å². The number of hydrogen-bond acceptors (Lipinski definition) is 6. The summed E-state index contributed by atoms with van der Waals surface area (Å²) in [6.45, 7) is 1.39. The molecule has 0 spiro atoms. The van der Waals surface area contributed by atoms with Crippen molar-refractivity contribution < 1.29 is 22.9 Å². The lowest BCUT2D eigenvalue weighted by atomic mass is 10.1.